The molecule has 0 radical (unpaired) electrons. The summed E-state index contributed by atoms with van der Waals surface area (Å²) in [7, 11) is 0. The molecule has 1 amide bonds. The van der Waals surface area contributed by atoms with Crippen molar-refractivity contribution in [3.63, 3.8) is 0 Å². The van der Waals surface area contributed by atoms with Crippen molar-refractivity contribution in [3.8, 4) is 0 Å². The van der Waals surface area contributed by atoms with E-state index in [2.05, 4.69) is 4.98 Å². The minimum atomic E-state index is 0.102. The van der Waals surface area contributed by atoms with Gasteiger partial charge in [-0.05, 0) is 62.5 Å². The van der Waals surface area contributed by atoms with E-state index >= 15 is 0 Å². The predicted octanol–water partition coefficient (Wildman–Crippen LogP) is 2.83. The second-order valence-electron chi connectivity index (χ2n) is 8.10. The molecule has 1 aliphatic carbocycles. The van der Waals surface area contributed by atoms with Crippen LogP contribution in [0.4, 0.5) is 0 Å². The third-order valence-electron chi connectivity index (χ3n) is 5.91. The number of hydrogen-bond donors (Lipinski definition) is 0. The normalized spacial score (nSPS) is 25.5. The van der Waals surface area contributed by atoms with Crippen molar-refractivity contribution < 1.29 is 14.3 Å². The first-order valence-electron chi connectivity index (χ1n) is 9.55. The fraction of sp³-hybridized carbons (Fsp3) is 0.700. The number of rotatable bonds is 5. The lowest BCUT2D eigenvalue weighted by Crippen LogP contribution is -2.43. The number of carbonyl (C=O) groups excluding carboxylic acids is 1. The molecule has 3 fully saturated rings. The lowest BCUT2D eigenvalue weighted by molar-refractivity contribution is 0.00938. The molecule has 1 aromatic rings. The predicted molar refractivity (Wildman–Crippen MR) is 94.4 cm³/mol. The maximum Gasteiger partial charge on any atom is 0.255 e. The summed E-state index contributed by atoms with van der Waals surface area (Å²) in [5.74, 6) is 0.909. The van der Waals surface area contributed by atoms with Crippen LogP contribution in [-0.4, -0.2) is 54.8 Å². The van der Waals surface area contributed by atoms with Gasteiger partial charge in [-0.25, -0.2) is 0 Å². The third kappa shape index (κ3) is 4.04. The highest BCUT2D eigenvalue weighted by atomic mass is 16.5. The molecule has 3 heterocycles. The zero-order valence-electron chi connectivity index (χ0n) is 15.1. The monoisotopic (exact) mass is 344 g/mol. The number of likely N-dealkylation sites (tertiary alicyclic amines) is 1. The largest absolute Gasteiger partial charge is 0.378 e. The maximum absolute atomic E-state index is 12.6. The highest BCUT2D eigenvalue weighted by Gasteiger charge is 2.43. The zero-order chi connectivity index (χ0) is 17.3. The van der Waals surface area contributed by atoms with Gasteiger partial charge >= 0.3 is 0 Å². The Hall–Kier alpha value is -1.46. The number of hydrogen-bond acceptors (Lipinski definition) is 4. The van der Waals surface area contributed by atoms with Crippen molar-refractivity contribution in [3.05, 3.63) is 29.6 Å². The van der Waals surface area contributed by atoms with E-state index in [1.807, 2.05) is 24.0 Å². The average Bonchev–Trinajstić information content (AvgIpc) is 3.37. The van der Waals surface area contributed by atoms with E-state index in [0.29, 0.717) is 5.56 Å². The Labute approximate surface area is 149 Å². The smallest absolute Gasteiger partial charge is 0.255 e. The number of ether oxygens (including phenoxy) is 2. The number of nitrogens with zero attached hydrogens (tertiary/aromatic N) is 2. The van der Waals surface area contributed by atoms with Crippen LogP contribution in [-0.2, 0) is 9.47 Å². The van der Waals surface area contributed by atoms with Crippen molar-refractivity contribution in [1.82, 2.24) is 9.88 Å². The van der Waals surface area contributed by atoms with Crippen LogP contribution in [0, 0.1) is 18.3 Å². The van der Waals surface area contributed by atoms with Gasteiger partial charge in [-0.15, -0.1) is 0 Å². The first-order chi connectivity index (χ1) is 12.1. The van der Waals surface area contributed by atoms with E-state index in [1.54, 1.807) is 6.20 Å². The Balaban J connectivity index is 1.26. The second kappa shape index (κ2) is 7.04. The van der Waals surface area contributed by atoms with Crippen LogP contribution in [0.2, 0.25) is 0 Å². The van der Waals surface area contributed by atoms with Crippen LogP contribution >= 0.6 is 0 Å². The third-order valence-corrected chi connectivity index (χ3v) is 5.91. The molecule has 136 valence electrons. The summed E-state index contributed by atoms with van der Waals surface area (Å²) in [6, 6.07) is 3.77. The number of carbonyl (C=O) groups is 1. The Kier molecular flexibility index (Phi) is 4.78. The molecule has 3 aliphatic rings. The summed E-state index contributed by atoms with van der Waals surface area (Å²) in [5, 5.41) is 0. The Morgan fingerprint density at radius 3 is 2.80 bits per heavy atom. The molecule has 0 bridgehead atoms. The first-order valence-corrected chi connectivity index (χ1v) is 9.55. The topological polar surface area (TPSA) is 51.7 Å². The van der Waals surface area contributed by atoms with Crippen molar-refractivity contribution in [1.29, 1.82) is 0 Å². The first kappa shape index (κ1) is 17.0. The number of pyridine rings is 1. The number of aromatic nitrogens is 1. The minimum absolute atomic E-state index is 0.102. The molecule has 5 heteroatoms. The van der Waals surface area contributed by atoms with Gasteiger partial charge < -0.3 is 14.4 Å². The molecule has 0 unspecified atom stereocenters. The molecular formula is C20H28N2O3. The SMILES string of the molecule is Cc1ccc(C(=O)N2CCC3(CC2)CO[C@@H](COCC2CC2)C3)cn1. The Morgan fingerprint density at radius 2 is 2.12 bits per heavy atom. The fourth-order valence-electron chi connectivity index (χ4n) is 3.96. The Morgan fingerprint density at radius 1 is 1.32 bits per heavy atom. The number of aryl methyl sites for hydroxylation is 1. The van der Waals surface area contributed by atoms with Gasteiger partial charge in [0.2, 0.25) is 0 Å². The summed E-state index contributed by atoms with van der Waals surface area (Å²) in [4.78, 5) is 18.8. The standard InChI is InChI=1S/C20H28N2O3/c1-15-2-5-17(11-21-15)19(23)22-8-6-20(7-9-22)10-18(25-14-20)13-24-12-16-3-4-16/h2,5,11,16,18H,3-4,6-10,12-14H2,1H3/t18-/m1/s1. The van der Waals surface area contributed by atoms with Crippen LogP contribution in [0.15, 0.2) is 18.3 Å². The molecule has 4 rings (SSSR count). The lowest BCUT2D eigenvalue weighted by Gasteiger charge is -2.38. The van der Waals surface area contributed by atoms with E-state index in [9.17, 15) is 4.79 Å². The fourth-order valence-corrected chi connectivity index (χ4v) is 3.96. The summed E-state index contributed by atoms with van der Waals surface area (Å²) < 4.78 is 11.8. The van der Waals surface area contributed by atoms with Crippen molar-refractivity contribution in [2.45, 2.75) is 45.1 Å². The van der Waals surface area contributed by atoms with E-state index in [0.717, 1.165) is 63.8 Å². The van der Waals surface area contributed by atoms with Crippen LogP contribution in [0.5, 0.6) is 0 Å². The molecule has 5 nitrogen and oxygen atoms in total. The molecule has 0 aromatic carbocycles. The summed E-state index contributed by atoms with van der Waals surface area (Å²) >= 11 is 0. The van der Waals surface area contributed by atoms with Crippen LogP contribution in [0.3, 0.4) is 0 Å². The second-order valence-corrected chi connectivity index (χ2v) is 8.10. The van der Waals surface area contributed by atoms with Gasteiger partial charge in [0.25, 0.3) is 5.91 Å². The van der Waals surface area contributed by atoms with Gasteiger partial charge in [-0.1, -0.05) is 0 Å². The van der Waals surface area contributed by atoms with Crippen molar-refractivity contribution in [2.24, 2.45) is 11.3 Å². The van der Waals surface area contributed by atoms with Gasteiger partial charge in [0.1, 0.15) is 0 Å². The molecule has 2 saturated heterocycles. The molecule has 1 spiro atoms. The molecule has 1 aromatic heterocycles. The summed E-state index contributed by atoms with van der Waals surface area (Å²) in [5.41, 5.74) is 1.87. The summed E-state index contributed by atoms with van der Waals surface area (Å²) in [6.07, 6.45) is 7.71. The lowest BCUT2D eigenvalue weighted by atomic mass is 9.76. The van der Waals surface area contributed by atoms with Gasteiger partial charge in [-0.3, -0.25) is 9.78 Å². The summed E-state index contributed by atoms with van der Waals surface area (Å²) in [6.45, 7) is 6.01. The Bertz CT molecular complexity index is 604. The molecule has 2 aliphatic heterocycles. The van der Waals surface area contributed by atoms with E-state index in [4.69, 9.17) is 9.47 Å². The van der Waals surface area contributed by atoms with Crippen molar-refractivity contribution >= 4 is 5.91 Å². The van der Waals surface area contributed by atoms with Gasteiger partial charge in [0.05, 0.1) is 24.9 Å². The highest BCUT2D eigenvalue weighted by Crippen LogP contribution is 2.42. The minimum Gasteiger partial charge on any atom is -0.378 e. The number of amides is 1. The zero-order valence-corrected chi connectivity index (χ0v) is 15.1. The quantitative estimate of drug-likeness (QED) is 0.824. The van der Waals surface area contributed by atoms with E-state index in [-0.39, 0.29) is 17.4 Å². The van der Waals surface area contributed by atoms with Gasteiger partial charge in [0, 0.05) is 31.6 Å². The molecule has 25 heavy (non-hydrogen) atoms. The van der Waals surface area contributed by atoms with E-state index in [1.165, 1.54) is 12.8 Å². The maximum atomic E-state index is 12.6. The highest BCUT2D eigenvalue weighted by molar-refractivity contribution is 5.94. The average molecular weight is 344 g/mol. The van der Waals surface area contributed by atoms with Crippen LogP contribution < -0.4 is 0 Å². The van der Waals surface area contributed by atoms with Crippen LogP contribution in [0.25, 0.3) is 0 Å². The van der Waals surface area contributed by atoms with Gasteiger partial charge in [-0.2, -0.15) is 0 Å². The molecule has 1 saturated carbocycles. The van der Waals surface area contributed by atoms with Crippen LogP contribution in [0.1, 0.15) is 48.2 Å². The molecule has 1 atom stereocenters. The molecule has 0 N–H and O–H groups in total. The number of piperidine rings is 1. The van der Waals surface area contributed by atoms with Crippen molar-refractivity contribution in [2.75, 3.05) is 32.9 Å². The van der Waals surface area contributed by atoms with Gasteiger partial charge in [0.15, 0.2) is 0 Å². The van der Waals surface area contributed by atoms with E-state index < -0.39 is 0 Å². The molecular weight excluding hydrogens is 316 g/mol.